The minimum absolute atomic E-state index is 0.0107. The van der Waals surface area contributed by atoms with Crippen molar-refractivity contribution in [2.24, 2.45) is 10.8 Å². The maximum Gasteiger partial charge on any atom is 0.416 e. The third-order valence-electron chi connectivity index (χ3n) is 7.15. The molecule has 2 aromatic carbocycles. The van der Waals surface area contributed by atoms with Gasteiger partial charge in [0.2, 0.25) is 0 Å². The number of halogens is 6. The Morgan fingerprint density at radius 2 is 1.13 bits per heavy atom. The molecule has 38 heavy (non-hydrogen) atoms. The average molecular weight is 543 g/mol. The maximum atomic E-state index is 13.5. The third kappa shape index (κ3) is 6.35. The molecule has 1 aliphatic carbocycles. The quantitative estimate of drug-likeness (QED) is 0.267. The summed E-state index contributed by atoms with van der Waals surface area (Å²) in [6.07, 6.45) is -7.12. The van der Waals surface area contributed by atoms with E-state index in [1.807, 2.05) is 30.3 Å². The van der Waals surface area contributed by atoms with E-state index in [1.54, 1.807) is 6.08 Å². The van der Waals surface area contributed by atoms with Gasteiger partial charge in [-0.3, -0.25) is 9.59 Å². The number of hydrogen-bond acceptors (Lipinski definition) is 4. The van der Waals surface area contributed by atoms with Crippen LogP contribution in [0.15, 0.2) is 60.7 Å². The molecule has 1 aliphatic rings. The number of ketones is 2. The lowest BCUT2D eigenvalue weighted by Crippen LogP contribution is -2.54. The van der Waals surface area contributed by atoms with Crippen molar-refractivity contribution in [3.05, 3.63) is 82.9 Å². The van der Waals surface area contributed by atoms with Gasteiger partial charge in [-0.2, -0.15) is 26.3 Å². The van der Waals surface area contributed by atoms with Crippen LogP contribution < -0.4 is 0 Å². The molecule has 0 spiro atoms. The van der Waals surface area contributed by atoms with Crippen molar-refractivity contribution in [1.29, 1.82) is 0 Å². The molecule has 0 saturated heterocycles. The van der Waals surface area contributed by atoms with Gasteiger partial charge in [0.15, 0.2) is 0 Å². The monoisotopic (exact) mass is 542 g/mol. The SMILES string of the molecule is C[C@]1(COCc2c(C(F)(F)F)cccc2C(F)(F)F)C(=O)C/C=C\CC(=O)[C@@]1(C)COCc1ccccc1. The van der Waals surface area contributed by atoms with Gasteiger partial charge in [-0.05, 0) is 31.5 Å². The molecule has 0 aliphatic heterocycles. The lowest BCUT2D eigenvalue weighted by Gasteiger charge is -2.44. The number of rotatable bonds is 8. The van der Waals surface area contributed by atoms with Gasteiger partial charge in [0, 0.05) is 18.4 Å². The minimum Gasteiger partial charge on any atom is -0.376 e. The molecular weight excluding hydrogens is 514 g/mol. The first-order valence-corrected chi connectivity index (χ1v) is 11.9. The van der Waals surface area contributed by atoms with Gasteiger partial charge in [0.25, 0.3) is 0 Å². The molecule has 0 fully saturated rings. The van der Waals surface area contributed by atoms with Crippen molar-refractivity contribution in [2.75, 3.05) is 13.2 Å². The van der Waals surface area contributed by atoms with E-state index < -0.39 is 58.9 Å². The predicted molar refractivity (Wildman–Crippen MR) is 127 cm³/mol. The van der Waals surface area contributed by atoms with Crippen LogP contribution in [0.2, 0.25) is 0 Å². The Bertz CT molecular complexity index is 1140. The molecule has 0 amide bonds. The highest BCUT2D eigenvalue weighted by molar-refractivity contribution is 5.97. The Kier molecular flexibility index (Phi) is 8.88. The van der Waals surface area contributed by atoms with Crippen LogP contribution in [0.3, 0.4) is 0 Å². The zero-order valence-electron chi connectivity index (χ0n) is 20.9. The highest BCUT2D eigenvalue weighted by atomic mass is 19.4. The first kappa shape index (κ1) is 29.6. The van der Waals surface area contributed by atoms with E-state index in [0.29, 0.717) is 18.2 Å². The van der Waals surface area contributed by atoms with Crippen molar-refractivity contribution in [3.63, 3.8) is 0 Å². The van der Waals surface area contributed by atoms with Gasteiger partial charge in [0.05, 0.1) is 48.4 Å². The molecule has 2 atom stereocenters. The summed E-state index contributed by atoms with van der Waals surface area (Å²) in [4.78, 5) is 26.5. The van der Waals surface area contributed by atoms with Crippen LogP contribution in [0.5, 0.6) is 0 Å². The van der Waals surface area contributed by atoms with Gasteiger partial charge in [0.1, 0.15) is 11.6 Å². The molecule has 0 N–H and O–H groups in total. The van der Waals surface area contributed by atoms with Crippen molar-refractivity contribution in [1.82, 2.24) is 0 Å². The number of hydrogen-bond donors (Lipinski definition) is 0. The van der Waals surface area contributed by atoms with Crippen LogP contribution >= 0.6 is 0 Å². The Morgan fingerprint density at radius 1 is 0.684 bits per heavy atom. The van der Waals surface area contributed by atoms with Gasteiger partial charge >= 0.3 is 12.4 Å². The number of alkyl halides is 6. The zero-order chi connectivity index (χ0) is 28.2. The number of benzene rings is 2. The van der Waals surface area contributed by atoms with Crippen molar-refractivity contribution in [2.45, 2.75) is 52.3 Å². The zero-order valence-corrected chi connectivity index (χ0v) is 20.9. The fourth-order valence-corrected chi connectivity index (χ4v) is 4.50. The van der Waals surface area contributed by atoms with E-state index in [0.717, 1.165) is 5.56 Å². The van der Waals surface area contributed by atoms with E-state index in [2.05, 4.69) is 0 Å². The summed E-state index contributed by atoms with van der Waals surface area (Å²) in [5.41, 5.74) is -6.26. The highest BCUT2D eigenvalue weighted by Crippen LogP contribution is 2.45. The molecule has 0 radical (unpaired) electrons. The van der Waals surface area contributed by atoms with E-state index in [9.17, 15) is 35.9 Å². The standard InChI is InChI=1S/C28H28F6O4/c1-25(17-37-15-19-9-4-3-5-10-19)23(35)13-6-7-14-24(36)26(25,2)18-38-16-20-21(27(29,30)31)11-8-12-22(20)28(32,33)34/h3-12H,13-18H2,1-2H3/b7-6-/t25-,26+/m1/s1. The van der Waals surface area contributed by atoms with Crippen LogP contribution in [0.4, 0.5) is 26.3 Å². The summed E-state index contributed by atoms with van der Waals surface area (Å²) in [7, 11) is 0. The molecule has 0 heterocycles. The molecule has 0 saturated carbocycles. The summed E-state index contributed by atoms with van der Waals surface area (Å²) in [5.74, 6) is -0.791. The third-order valence-corrected chi connectivity index (χ3v) is 7.15. The first-order valence-electron chi connectivity index (χ1n) is 11.9. The van der Waals surface area contributed by atoms with Crippen molar-refractivity contribution >= 4 is 11.6 Å². The van der Waals surface area contributed by atoms with Gasteiger partial charge < -0.3 is 9.47 Å². The molecule has 0 aromatic heterocycles. The molecular formula is C28H28F6O4. The summed E-state index contributed by atoms with van der Waals surface area (Å²) in [6, 6.07) is 10.8. The summed E-state index contributed by atoms with van der Waals surface area (Å²) >= 11 is 0. The van der Waals surface area contributed by atoms with Crippen molar-refractivity contribution in [3.8, 4) is 0 Å². The van der Waals surface area contributed by atoms with Crippen LogP contribution in [0, 0.1) is 10.8 Å². The Morgan fingerprint density at radius 3 is 1.58 bits per heavy atom. The summed E-state index contributed by atoms with van der Waals surface area (Å²) in [5, 5.41) is 0. The normalized spacial score (nSPS) is 23.7. The van der Waals surface area contributed by atoms with Crippen LogP contribution in [-0.2, 0) is 44.6 Å². The van der Waals surface area contributed by atoms with Crippen LogP contribution in [0.25, 0.3) is 0 Å². The number of carbonyl (C=O) groups excluding carboxylic acids is 2. The van der Waals surface area contributed by atoms with Crippen molar-refractivity contribution < 1.29 is 45.4 Å². The number of ether oxygens (including phenoxy) is 2. The predicted octanol–water partition coefficient (Wildman–Crippen LogP) is 6.96. The van der Waals surface area contributed by atoms with Gasteiger partial charge in [-0.1, -0.05) is 48.6 Å². The lowest BCUT2D eigenvalue weighted by atomic mass is 9.60. The second-order valence-corrected chi connectivity index (χ2v) is 9.69. The molecule has 206 valence electrons. The summed E-state index contributed by atoms with van der Waals surface area (Å²) < 4.78 is 92.5. The van der Waals surface area contributed by atoms with Gasteiger partial charge in [-0.25, -0.2) is 0 Å². The van der Waals surface area contributed by atoms with Crippen LogP contribution in [-0.4, -0.2) is 24.8 Å². The minimum atomic E-state index is -5.06. The van der Waals surface area contributed by atoms with Gasteiger partial charge in [-0.15, -0.1) is 0 Å². The van der Waals surface area contributed by atoms with E-state index in [-0.39, 0.29) is 31.8 Å². The maximum absolute atomic E-state index is 13.5. The molecule has 2 aromatic rings. The molecule has 3 rings (SSSR count). The Labute approximate surface area is 216 Å². The number of carbonyl (C=O) groups is 2. The number of Topliss-reactive ketones (excluding diaryl/α,β-unsaturated/α-hetero) is 2. The fraction of sp³-hybridized carbons (Fsp3) is 0.429. The molecule has 0 bridgehead atoms. The molecule has 10 heteroatoms. The summed E-state index contributed by atoms with van der Waals surface area (Å²) in [6.45, 7) is 1.26. The average Bonchev–Trinajstić information content (AvgIpc) is 2.84. The second kappa shape index (κ2) is 11.4. The largest absolute Gasteiger partial charge is 0.416 e. The molecule has 0 unspecified atom stereocenters. The Balaban J connectivity index is 1.90. The fourth-order valence-electron chi connectivity index (χ4n) is 4.50. The Hall–Kier alpha value is -2.98. The lowest BCUT2D eigenvalue weighted by molar-refractivity contribution is -0.161. The van der Waals surface area contributed by atoms with Crippen LogP contribution in [0.1, 0.15) is 48.9 Å². The van der Waals surface area contributed by atoms with E-state index in [4.69, 9.17) is 9.47 Å². The highest BCUT2D eigenvalue weighted by Gasteiger charge is 2.54. The van der Waals surface area contributed by atoms with E-state index >= 15 is 0 Å². The molecule has 4 nitrogen and oxygen atoms in total. The van der Waals surface area contributed by atoms with E-state index in [1.165, 1.54) is 19.9 Å². The smallest absolute Gasteiger partial charge is 0.376 e. The first-order chi connectivity index (χ1) is 17.7. The number of allylic oxidation sites excluding steroid dienone is 2. The second-order valence-electron chi connectivity index (χ2n) is 9.69. The topological polar surface area (TPSA) is 52.6 Å².